The van der Waals surface area contributed by atoms with Crippen molar-refractivity contribution in [1.82, 2.24) is 10.2 Å². The van der Waals surface area contributed by atoms with Crippen molar-refractivity contribution in [3.05, 3.63) is 46.5 Å². The minimum Gasteiger partial charge on any atom is -0.155 e. The van der Waals surface area contributed by atoms with Gasteiger partial charge in [0, 0.05) is 14.1 Å². The number of aryl methyl sites for hydroxylation is 1. The topological polar surface area (TPSA) is 25.8 Å². The highest BCUT2D eigenvalue weighted by molar-refractivity contribution is 9.10. The quantitative estimate of drug-likeness (QED) is 0.780. The largest absolute Gasteiger partial charge is 0.155 e. The Balaban J connectivity index is 2.64. The molecule has 70 valence electrons. The van der Waals surface area contributed by atoms with E-state index < -0.39 is 18.6 Å². The molecule has 0 N–H and O–H groups in total. The minimum absolute atomic E-state index is 0.186. The molecule has 0 aliphatic heterocycles. The van der Waals surface area contributed by atoms with Crippen molar-refractivity contribution in [1.29, 1.82) is 0 Å². The number of nitrogens with zero attached hydrogens (tertiary/aromatic N) is 2. The smallest absolute Gasteiger partial charge is 0.0941 e. The van der Waals surface area contributed by atoms with Gasteiger partial charge >= 0.3 is 0 Å². The Labute approximate surface area is 98.2 Å². The van der Waals surface area contributed by atoms with E-state index in [1.807, 2.05) is 6.07 Å². The van der Waals surface area contributed by atoms with Gasteiger partial charge in [-0.15, -0.1) is 0 Å². The maximum atomic E-state index is 7.89. The number of hydrogen-bond donors (Lipinski definition) is 0. The predicted molar refractivity (Wildman–Crippen MR) is 59.9 cm³/mol. The first-order chi connectivity index (χ1) is 8.82. The Morgan fingerprint density at radius 1 is 1.29 bits per heavy atom. The van der Waals surface area contributed by atoms with Crippen LogP contribution in [0.2, 0.25) is 0 Å². The molecule has 0 saturated carbocycles. The second kappa shape index (κ2) is 3.88. The first kappa shape index (κ1) is 5.03. The molecule has 3 heteroatoms. The fourth-order valence-electron chi connectivity index (χ4n) is 1.04. The van der Waals surface area contributed by atoms with Crippen LogP contribution in [0.5, 0.6) is 0 Å². The van der Waals surface area contributed by atoms with Crippen LogP contribution in [0.15, 0.2) is 40.8 Å². The van der Waals surface area contributed by atoms with Crippen LogP contribution in [0.4, 0.5) is 0 Å². The van der Waals surface area contributed by atoms with Crippen LogP contribution in [-0.4, -0.2) is 10.2 Å². The van der Waals surface area contributed by atoms with Gasteiger partial charge in [0.05, 0.1) is 14.1 Å². The fraction of sp³-hybridized carbons (Fsp3) is 0.0909. The Morgan fingerprint density at radius 3 is 2.93 bits per heavy atom. The van der Waals surface area contributed by atoms with E-state index in [0.29, 0.717) is 10.0 Å². The van der Waals surface area contributed by atoms with E-state index in [-0.39, 0.29) is 11.7 Å². The van der Waals surface area contributed by atoms with Gasteiger partial charge in [-0.2, -0.15) is 10.2 Å². The lowest BCUT2D eigenvalue weighted by molar-refractivity contribution is 0.986. The van der Waals surface area contributed by atoms with Crippen molar-refractivity contribution in [3.8, 4) is 11.3 Å². The predicted octanol–water partition coefficient (Wildman–Crippen LogP) is 3.21. The molecule has 0 amide bonds. The van der Waals surface area contributed by atoms with Gasteiger partial charge in [0.25, 0.3) is 0 Å². The van der Waals surface area contributed by atoms with Crippen LogP contribution in [0, 0.1) is 6.85 Å². The summed E-state index contributed by atoms with van der Waals surface area (Å²) in [4.78, 5) is 0. The molecule has 0 aliphatic carbocycles. The molecule has 0 atom stereocenters. The fourth-order valence-corrected chi connectivity index (χ4v) is 1.52. The summed E-state index contributed by atoms with van der Waals surface area (Å²) in [5.41, 5.74) is 0.337. The van der Waals surface area contributed by atoms with Gasteiger partial charge < -0.3 is 0 Å². The van der Waals surface area contributed by atoms with E-state index in [9.17, 15) is 0 Å². The monoisotopic (exact) mass is 253 g/mol. The van der Waals surface area contributed by atoms with Crippen LogP contribution < -0.4 is 0 Å². The number of halogens is 1. The lowest BCUT2D eigenvalue weighted by Crippen LogP contribution is -1.89. The Hall–Kier alpha value is -1.22. The summed E-state index contributed by atoms with van der Waals surface area (Å²) in [6.45, 7) is -2.54. The van der Waals surface area contributed by atoms with E-state index in [1.54, 1.807) is 18.2 Å². The van der Waals surface area contributed by atoms with Gasteiger partial charge in [-0.05, 0) is 25.0 Å². The second-order valence-corrected chi connectivity index (χ2v) is 3.48. The number of hydrogen-bond acceptors (Lipinski definition) is 2. The zero-order chi connectivity index (χ0) is 14.2. The second-order valence-electron chi connectivity index (χ2n) is 2.63. The van der Waals surface area contributed by atoms with Crippen LogP contribution in [0.25, 0.3) is 11.3 Å². The SMILES string of the molecule is [2H]c1c(-c2ccccc2Br)nnc(C([2H])([2H])[2H])c1[2H]. The Morgan fingerprint density at radius 2 is 2.14 bits per heavy atom. The summed E-state index contributed by atoms with van der Waals surface area (Å²) in [7, 11) is 0. The van der Waals surface area contributed by atoms with E-state index >= 15 is 0 Å². The van der Waals surface area contributed by atoms with Crippen molar-refractivity contribution < 1.29 is 6.85 Å². The summed E-state index contributed by atoms with van der Waals surface area (Å²) in [5, 5.41) is 7.38. The van der Waals surface area contributed by atoms with Crippen LogP contribution in [0.1, 0.15) is 12.5 Å². The van der Waals surface area contributed by atoms with Crippen molar-refractivity contribution in [2.75, 3.05) is 0 Å². The molecule has 2 nitrogen and oxygen atoms in total. The molecular weight excluding hydrogens is 240 g/mol. The third-order valence-corrected chi connectivity index (χ3v) is 2.37. The molecule has 0 fully saturated rings. The first-order valence-corrected chi connectivity index (χ1v) is 4.71. The molecule has 0 unspecified atom stereocenters. The van der Waals surface area contributed by atoms with E-state index in [0.717, 1.165) is 0 Å². The Kier molecular flexibility index (Phi) is 1.39. The third kappa shape index (κ3) is 1.82. The molecular formula is C11H9BrN2. The molecule has 1 heterocycles. The molecule has 0 spiro atoms. The van der Waals surface area contributed by atoms with E-state index in [2.05, 4.69) is 26.1 Å². The average Bonchev–Trinajstić information content (AvgIpc) is 2.32. The van der Waals surface area contributed by atoms with Gasteiger partial charge in [-0.25, -0.2) is 0 Å². The van der Waals surface area contributed by atoms with Gasteiger partial charge in [0.15, 0.2) is 0 Å². The standard InChI is InChI=1S/C11H9BrN2/c1-8-6-7-11(14-13-8)9-4-2-3-5-10(9)12/h2-7H,1H3/i1D3,6D,7D. The van der Waals surface area contributed by atoms with Crippen LogP contribution in [-0.2, 0) is 0 Å². The Bertz CT molecular complexity index is 627. The highest BCUT2D eigenvalue weighted by Gasteiger charge is 2.02. The molecule has 2 rings (SSSR count). The maximum Gasteiger partial charge on any atom is 0.0941 e. The summed E-state index contributed by atoms with van der Waals surface area (Å²) in [5.74, 6) is 0. The van der Waals surface area contributed by atoms with E-state index in [1.165, 1.54) is 0 Å². The molecule has 14 heavy (non-hydrogen) atoms. The molecule has 2 aromatic rings. The zero-order valence-electron chi connectivity index (χ0n) is 12.1. The van der Waals surface area contributed by atoms with Gasteiger partial charge in [-0.3, -0.25) is 0 Å². The number of benzene rings is 1. The van der Waals surface area contributed by atoms with Crippen molar-refractivity contribution in [2.45, 2.75) is 6.85 Å². The molecule has 1 aromatic heterocycles. The zero-order valence-corrected chi connectivity index (χ0v) is 8.67. The summed E-state index contributed by atoms with van der Waals surface area (Å²) in [6.07, 6.45) is 0. The first-order valence-electron chi connectivity index (χ1n) is 6.41. The number of rotatable bonds is 1. The highest BCUT2D eigenvalue weighted by atomic mass is 79.9. The van der Waals surface area contributed by atoms with Gasteiger partial charge in [0.1, 0.15) is 0 Å². The summed E-state index contributed by atoms with van der Waals surface area (Å²) >= 11 is 3.33. The normalized spacial score (nSPS) is 16.2. The van der Waals surface area contributed by atoms with E-state index in [4.69, 9.17) is 6.85 Å². The summed E-state index contributed by atoms with van der Waals surface area (Å²) in [6, 6.07) is 6.41. The maximum absolute atomic E-state index is 7.89. The highest BCUT2D eigenvalue weighted by Crippen LogP contribution is 2.25. The van der Waals surface area contributed by atoms with Crippen molar-refractivity contribution in [3.63, 3.8) is 0 Å². The van der Waals surface area contributed by atoms with Crippen LogP contribution in [0.3, 0.4) is 0 Å². The molecule has 1 aromatic carbocycles. The minimum atomic E-state index is -2.54. The number of aromatic nitrogens is 2. The van der Waals surface area contributed by atoms with Crippen molar-refractivity contribution >= 4 is 15.9 Å². The summed E-state index contributed by atoms with van der Waals surface area (Å²) < 4.78 is 38.1. The van der Waals surface area contributed by atoms with Crippen LogP contribution >= 0.6 is 15.9 Å². The molecule has 0 aliphatic rings. The molecule has 0 radical (unpaired) electrons. The molecule has 0 saturated heterocycles. The molecule has 0 bridgehead atoms. The lowest BCUT2D eigenvalue weighted by Gasteiger charge is -2.02. The third-order valence-electron chi connectivity index (χ3n) is 1.68. The average molecular weight is 254 g/mol. The van der Waals surface area contributed by atoms with Gasteiger partial charge in [0.2, 0.25) is 0 Å². The van der Waals surface area contributed by atoms with Gasteiger partial charge in [-0.1, -0.05) is 34.1 Å². The lowest BCUT2D eigenvalue weighted by atomic mass is 10.1. The van der Waals surface area contributed by atoms with Crippen molar-refractivity contribution in [2.24, 2.45) is 0 Å².